The number of hydrogen-bond donors (Lipinski definition) is 1. The Bertz CT molecular complexity index is 1160. The van der Waals surface area contributed by atoms with Crippen LogP contribution in [0.2, 0.25) is 0 Å². The number of nitrogens with zero attached hydrogens (tertiary/aromatic N) is 5. The molecule has 2 N–H and O–H groups in total. The summed E-state index contributed by atoms with van der Waals surface area (Å²) in [6.45, 7) is 3.81. The van der Waals surface area contributed by atoms with Gasteiger partial charge in [0.2, 0.25) is 0 Å². The van der Waals surface area contributed by atoms with E-state index in [1.165, 1.54) is 28.2 Å². The molecule has 0 saturated carbocycles. The molecule has 3 heterocycles. The van der Waals surface area contributed by atoms with E-state index >= 15 is 0 Å². The van der Waals surface area contributed by atoms with Gasteiger partial charge in [0.1, 0.15) is 4.83 Å². The molecule has 10 heteroatoms. The molecule has 0 saturated heterocycles. The molecule has 0 radical (unpaired) electrons. The molecule has 0 bridgehead atoms. The lowest BCUT2D eigenvalue weighted by molar-refractivity contribution is -0.137. The maximum atomic E-state index is 13.0. The van der Waals surface area contributed by atoms with Crippen molar-refractivity contribution >= 4 is 27.2 Å². The van der Waals surface area contributed by atoms with Gasteiger partial charge in [-0.1, -0.05) is 6.07 Å². The van der Waals surface area contributed by atoms with Gasteiger partial charge in [-0.2, -0.15) is 17.9 Å². The van der Waals surface area contributed by atoms with E-state index in [1.807, 2.05) is 19.9 Å². The number of nitrogen functional groups attached to an aromatic ring is 1. The molecular weight excluding hydrogens is 377 g/mol. The highest BCUT2D eigenvalue weighted by molar-refractivity contribution is 7.22. The first-order valence-corrected chi connectivity index (χ1v) is 8.70. The Balaban J connectivity index is 1.90. The van der Waals surface area contributed by atoms with Crippen LogP contribution in [0.4, 0.5) is 18.9 Å². The minimum Gasteiger partial charge on any atom is -0.397 e. The number of aromatic nitrogens is 5. The largest absolute Gasteiger partial charge is 0.416 e. The zero-order chi connectivity index (χ0) is 19.3. The minimum atomic E-state index is -4.46. The molecule has 4 rings (SSSR count). The van der Waals surface area contributed by atoms with Gasteiger partial charge < -0.3 is 5.73 Å². The van der Waals surface area contributed by atoms with E-state index in [2.05, 4.69) is 20.5 Å². The molecule has 6 nitrogen and oxygen atoms in total. The van der Waals surface area contributed by atoms with Crippen molar-refractivity contribution in [3.63, 3.8) is 0 Å². The third kappa shape index (κ3) is 2.91. The Morgan fingerprint density at radius 2 is 1.93 bits per heavy atom. The summed E-state index contributed by atoms with van der Waals surface area (Å²) in [7, 11) is 0. The third-order valence-electron chi connectivity index (χ3n) is 4.11. The van der Waals surface area contributed by atoms with Crippen LogP contribution in [0.5, 0.6) is 0 Å². The first-order valence-electron chi connectivity index (χ1n) is 7.88. The molecular formula is C17H13F3N6S. The number of anilines is 1. The van der Waals surface area contributed by atoms with Crippen LogP contribution in [0.25, 0.3) is 26.6 Å². The van der Waals surface area contributed by atoms with Crippen molar-refractivity contribution in [3.8, 4) is 16.4 Å². The summed E-state index contributed by atoms with van der Waals surface area (Å²) in [5.74, 6) is 0.270. The maximum Gasteiger partial charge on any atom is 0.416 e. The fourth-order valence-electron chi connectivity index (χ4n) is 2.95. The van der Waals surface area contributed by atoms with Gasteiger partial charge in [-0.3, -0.25) is 0 Å². The van der Waals surface area contributed by atoms with Crippen LogP contribution in [0.1, 0.15) is 16.8 Å². The zero-order valence-electron chi connectivity index (χ0n) is 14.2. The first kappa shape index (κ1) is 17.4. The lowest BCUT2D eigenvalue weighted by atomic mass is 10.1. The number of fused-ring (bicyclic) bond motifs is 1. The van der Waals surface area contributed by atoms with E-state index in [0.29, 0.717) is 10.6 Å². The molecule has 0 fully saturated rings. The Labute approximate surface area is 155 Å². The number of aryl methyl sites for hydroxylation is 2. The van der Waals surface area contributed by atoms with Gasteiger partial charge in [0, 0.05) is 11.1 Å². The zero-order valence-corrected chi connectivity index (χ0v) is 15.1. The second-order valence-corrected chi connectivity index (χ2v) is 7.07. The summed E-state index contributed by atoms with van der Waals surface area (Å²) in [4.78, 5) is 5.79. The average molecular weight is 390 g/mol. The molecule has 0 unspecified atom stereocenters. The topological polar surface area (TPSA) is 82.5 Å². The van der Waals surface area contributed by atoms with Crippen molar-refractivity contribution in [2.24, 2.45) is 0 Å². The number of pyridine rings is 1. The number of benzene rings is 1. The van der Waals surface area contributed by atoms with Crippen LogP contribution in [-0.4, -0.2) is 25.2 Å². The predicted octanol–water partition coefficient (Wildman–Crippen LogP) is 4.16. The Morgan fingerprint density at radius 1 is 1.15 bits per heavy atom. The number of nitrogens with two attached hydrogens (primary N) is 1. The van der Waals surface area contributed by atoms with Gasteiger partial charge in [-0.15, -0.1) is 16.4 Å². The van der Waals surface area contributed by atoms with Crippen molar-refractivity contribution in [1.82, 2.24) is 25.2 Å². The number of halogens is 3. The highest BCUT2D eigenvalue weighted by Crippen LogP contribution is 2.41. The first-order chi connectivity index (χ1) is 12.8. The molecule has 0 aliphatic heterocycles. The summed E-state index contributed by atoms with van der Waals surface area (Å²) >= 11 is 1.31. The second-order valence-electron chi connectivity index (χ2n) is 6.07. The highest BCUT2D eigenvalue weighted by atomic mass is 32.1. The summed E-state index contributed by atoms with van der Waals surface area (Å²) in [6.07, 6.45) is -4.46. The summed E-state index contributed by atoms with van der Waals surface area (Å²) in [5.41, 5.74) is 8.01. The monoisotopic (exact) mass is 390 g/mol. The number of alkyl halides is 3. The lowest BCUT2D eigenvalue weighted by Crippen LogP contribution is -2.07. The molecule has 3 aromatic heterocycles. The van der Waals surface area contributed by atoms with E-state index in [4.69, 9.17) is 5.73 Å². The molecule has 0 aliphatic carbocycles. The minimum absolute atomic E-state index is 0.197. The van der Waals surface area contributed by atoms with Crippen molar-refractivity contribution in [2.45, 2.75) is 20.0 Å². The van der Waals surface area contributed by atoms with Crippen molar-refractivity contribution < 1.29 is 13.2 Å². The fourth-order valence-corrected chi connectivity index (χ4v) is 4.14. The summed E-state index contributed by atoms with van der Waals surface area (Å²) in [6, 6.07) is 6.73. The number of hydrogen-bond acceptors (Lipinski definition) is 6. The predicted molar refractivity (Wildman–Crippen MR) is 96.7 cm³/mol. The van der Waals surface area contributed by atoms with Crippen LogP contribution in [0.15, 0.2) is 30.3 Å². The fraction of sp³-hybridized carbons (Fsp3) is 0.176. The number of thiophene rings is 1. The van der Waals surface area contributed by atoms with Gasteiger partial charge in [0.25, 0.3) is 0 Å². The quantitative estimate of drug-likeness (QED) is 0.556. The standard InChI is InChI=1S/C17H13F3N6S/c1-8-6-9(2)22-16-12(8)13(21)14(27-16)15-23-24-25-26(15)11-5-3-4-10(7-11)17(18,19)20/h3-7H,21H2,1-2H3. The molecule has 138 valence electrons. The van der Waals surface area contributed by atoms with Crippen molar-refractivity contribution in [1.29, 1.82) is 0 Å². The molecule has 0 atom stereocenters. The van der Waals surface area contributed by atoms with Crippen LogP contribution in [0.3, 0.4) is 0 Å². The van der Waals surface area contributed by atoms with Gasteiger partial charge >= 0.3 is 6.18 Å². The van der Waals surface area contributed by atoms with Gasteiger partial charge in [0.05, 0.1) is 21.8 Å². The summed E-state index contributed by atoms with van der Waals surface area (Å²) in [5, 5.41) is 12.3. The van der Waals surface area contributed by atoms with Crippen molar-refractivity contribution in [2.75, 3.05) is 5.73 Å². The Morgan fingerprint density at radius 3 is 2.67 bits per heavy atom. The Hall–Kier alpha value is -3.01. The normalized spacial score (nSPS) is 12.0. The van der Waals surface area contributed by atoms with Gasteiger partial charge in [0.15, 0.2) is 5.82 Å². The van der Waals surface area contributed by atoms with Gasteiger partial charge in [-0.25, -0.2) is 4.98 Å². The lowest BCUT2D eigenvalue weighted by Gasteiger charge is -2.09. The average Bonchev–Trinajstić information content (AvgIpc) is 3.18. The molecule has 0 amide bonds. The highest BCUT2D eigenvalue weighted by Gasteiger charge is 2.31. The third-order valence-corrected chi connectivity index (χ3v) is 5.21. The van der Waals surface area contributed by atoms with E-state index < -0.39 is 11.7 Å². The smallest absolute Gasteiger partial charge is 0.397 e. The molecule has 0 spiro atoms. The van der Waals surface area contributed by atoms with Crippen molar-refractivity contribution in [3.05, 3.63) is 47.2 Å². The van der Waals surface area contributed by atoms with Crippen LogP contribution < -0.4 is 5.73 Å². The SMILES string of the molecule is Cc1cc(C)c2c(N)c(-c3nnnn3-c3cccc(C(F)(F)F)c3)sc2n1. The van der Waals surface area contributed by atoms with Gasteiger partial charge in [-0.05, 0) is 54.1 Å². The molecule has 0 aliphatic rings. The van der Waals surface area contributed by atoms with E-state index in [1.54, 1.807) is 0 Å². The number of tetrazole rings is 1. The molecule has 4 aromatic rings. The Kier molecular flexibility index (Phi) is 3.88. The molecule has 1 aromatic carbocycles. The second kappa shape index (κ2) is 6.02. The van der Waals surface area contributed by atoms with E-state index in [9.17, 15) is 13.2 Å². The van der Waals surface area contributed by atoms with E-state index in [-0.39, 0.29) is 11.5 Å². The molecule has 27 heavy (non-hydrogen) atoms. The summed E-state index contributed by atoms with van der Waals surface area (Å²) < 4.78 is 40.3. The van der Waals surface area contributed by atoms with Crippen LogP contribution in [0, 0.1) is 13.8 Å². The number of rotatable bonds is 2. The van der Waals surface area contributed by atoms with Crippen LogP contribution >= 0.6 is 11.3 Å². The van der Waals surface area contributed by atoms with E-state index in [0.717, 1.165) is 33.6 Å². The maximum absolute atomic E-state index is 13.0. The van der Waals surface area contributed by atoms with Crippen LogP contribution in [-0.2, 0) is 6.18 Å².